The van der Waals surface area contributed by atoms with Crippen molar-refractivity contribution < 1.29 is 14.7 Å². The Balaban J connectivity index is 2.48. The third-order valence-corrected chi connectivity index (χ3v) is 2.89. The fraction of sp³-hybridized carbons (Fsp3) is 0.385. The summed E-state index contributed by atoms with van der Waals surface area (Å²) in [5.41, 5.74) is 0.281. The maximum Gasteiger partial charge on any atom is 0.322 e. The van der Waals surface area contributed by atoms with Crippen LogP contribution in [0.25, 0.3) is 5.65 Å². The van der Waals surface area contributed by atoms with Gasteiger partial charge in [-0.05, 0) is 12.3 Å². The SMILES string of the molecule is CC(C)Cc1cc(=O)c(C(=O)NCC(=O)O)c2nc[nH]n12. The van der Waals surface area contributed by atoms with Crippen molar-refractivity contribution in [3.63, 3.8) is 0 Å². The van der Waals surface area contributed by atoms with Crippen molar-refractivity contribution in [2.75, 3.05) is 6.54 Å². The number of rotatable bonds is 5. The van der Waals surface area contributed by atoms with E-state index in [1.807, 2.05) is 13.8 Å². The molecule has 2 aromatic heterocycles. The quantitative estimate of drug-likeness (QED) is 0.719. The Bertz CT molecular complexity index is 744. The number of fused-ring (bicyclic) bond motifs is 1. The van der Waals surface area contributed by atoms with Crippen LogP contribution in [-0.2, 0) is 11.2 Å². The van der Waals surface area contributed by atoms with Crippen molar-refractivity contribution in [2.45, 2.75) is 20.3 Å². The maximum atomic E-state index is 12.1. The predicted octanol–water partition coefficient (Wildman–Crippen LogP) is 0.0355. The molecular formula is C13H16N4O4. The number of hydrogen-bond acceptors (Lipinski definition) is 4. The Morgan fingerprint density at radius 2 is 2.19 bits per heavy atom. The summed E-state index contributed by atoms with van der Waals surface area (Å²) < 4.78 is 1.57. The lowest BCUT2D eigenvalue weighted by molar-refractivity contribution is -0.135. The summed E-state index contributed by atoms with van der Waals surface area (Å²) in [5, 5.41) is 13.6. The highest BCUT2D eigenvalue weighted by molar-refractivity contribution is 6.00. The zero-order valence-electron chi connectivity index (χ0n) is 11.7. The van der Waals surface area contributed by atoms with Crippen molar-refractivity contribution in [1.82, 2.24) is 19.9 Å². The van der Waals surface area contributed by atoms with E-state index < -0.39 is 23.9 Å². The molecule has 3 N–H and O–H groups in total. The fourth-order valence-electron chi connectivity index (χ4n) is 2.09. The molecule has 0 saturated heterocycles. The zero-order valence-corrected chi connectivity index (χ0v) is 11.7. The largest absolute Gasteiger partial charge is 0.480 e. The van der Waals surface area contributed by atoms with Gasteiger partial charge in [0, 0.05) is 11.8 Å². The topological polar surface area (TPSA) is 117 Å². The molecule has 2 aromatic rings. The van der Waals surface area contributed by atoms with Crippen molar-refractivity contribution in [3.8, 4) is 0 Å². The number of aliphatic carboxylic acids is 1. The molecule has 8 heteroatoms. The summed E-state index contributed by atoms with van der Waals surface area (Å²) in [6.45, 7) is 3.48. The summed E-state index contributed by atoms with van der Waals surface area (Å²) in [4.78, 5) is 38.6. The number of hydrogen-bond donors (Lipinski definition) is 3. The number of carbonyl (C=O) groups excluding carboxylic acids is 1. The maximum absolute atomic E-state index is 12.1. The molecule has 0 radical (unpaired) electrons. The second kappa shape index (κ2) is 5.78. The molecule has 0 aliphatic rings. The molecule has 0 spiro atoms. The molecule has 2 heterocycles. The van der Waals surface area contributed by atoms with Crippen molar-refractivity contribution in [3.05, 3.63) is 33.9 Å². The van der Waals surface area contributed by atoms with E-state index in [1.165, 1.54) is 12.4 Å². The molecule has 8 nitrogen and oxygen atoms in total. The summed E-state index contributed by atoms with van der Waals surface area (Å²) in [7, 11) is 0. The van der Waals surface area contributed by atoms with Crippen LogP contribution in [0.2, 0.25) is 0 Å². The van der Waals surface area contributed by atoms with Crippen LogP contribution in [0.3, 0.4) is 0 Å². The minimum atomic E-state index is -1.18. The molecule has 2 rings (SSSR count). The Hall–Kier alpha value is -2.64. The molecule has 112 valence electrons. The molecule has 0 aliphatic heterocycles. The summed E-state index contributed by atoms with van der Waals surface area (Å²) >= 11 is 0. The molecule has 21 heavy (non-hydrogen) atoms. The van der Waals surface area contributed by atoms with Gasteiger partial charge in [-0.2, -0.15) is 0 Å². The normalized spacial score (nSPS) is 11.0. The van der Waals surface area contributed by atoms with Gasteiger partial charge < -0.3 is 10.4 Å². The highest BCUT2D eigenvalue weighted by Crippen LogP contribution is 2.10. The zero-order chi connectivity index (χ0) is 15.6. The molecular weight excluding hydrogens is 276 g/mol. The van der Waals surface area contributed by atoms with Gasteiger partial charge >= 0.3 is 5.97 Å². The second-order valence-corrected chi connectivity index (χ2v) is 5.10. The number of carboxylic acid groups (broad SMARTS) is 1. The number of nitrogens with zero attached hydrogens (tertiary/aromatic N) is 2. The highest BCUT2D eigenvalue weighted by Gasteiger charge is 2.19. The van der Waals surface area contributed by atoms with Crippen LogP contribution in [0.5, 0.6) is 0 Å². The van der Waals surface area contributed by atoms with Gasteiger partial charge in [0.2, 0.25) is 0 Å². The summed E-state index contributed by atoms with van der Waals surface area (Å²) in [5.74, 6) is -1.60. The van der Waals surface area contributed by atoms with Crippen LogP contribution in [0, 0.1) is 5.92 Å². The van der Waals surface area contributed by atoms with E-state index in [0.717, 1.165) is 5.69 Å². The molecule has 0 fully saturated rings. The van der Waals surface area contributed by atoms with Crippen molar-refractivity contribution >= 4 is 17.5 Å². The Kier molecular flexibility index (Phi) is 4.06. The van der Waals surface area contributed by atoms with Crippen LogP contribution >= 0.6 is 0 Å². The number of carbonyl (C=O) groups is 2. The van der Waals surface area contributed by atoms with Gasteiger partial charge in [-0.25, -0.2) is 9.50 Å². The van der Waals surface area contributed by atoms with Crippen LogP contribution < -0.4 is 10.7 Å². The first-order valence-electron chi connectivity index (χ1n) is 6.48. The first-order valence-corrected chi connectivity index (χ1v) is 6.48. The third kappa shape index (κ3) is 3.10. The van der Waals surface area contributed by atoms with E-state index in [-0.39, 0.29) is 11.2 Å². The highest BCUT2D eigenvalue weighted by atomic mass is 16.4. The molecule has 0 aromatic carbocycles. The summed E-state index contributed by atoms with van der Waals surface area (Å²) in [6, 6.07) is 1.38. The lowest BCUT2D eigenvalue weighted by Gasteiger charge is -2.09. The minimum absolute atomic E-state index is 0.162. The summed E-state index contributed by atoms with van der Waals surface area (Å²) in [6.07, 6.45) is 2.03. The standard InChI is InChI=1S/C13H16N4O4/c1-7(2)3-8-4-9(18)11(12-15-6-16-17(8)12)13(21)14-5-10(19)20/h4,6-7H,3,5H2,1-2H3,(H,14,21)(H,15,16)(H,19,20). The van der Waals surface area contributed by atoms with E-state index in [9.17, 15) is 14.4 Å². The average Bonchev–Trinajstić information content (AvgIpc) is 2.84. The van der Waals surface area contributed by atoms with Crippen molar-refractivity contribution in [1.29, 1.82) is 0 Å². The third-order valence-electron chi connectivity index (χ3n) is 2.89. The number of nitrogens with one attached hydrogen (secondary N) is 2. The Labute approximate surface area is 119 Å². The van der Waals surface area contributed by atoms with Crippen LogP contribution in [0.4, 0.5) is 0 Å². The van der Waals surface area contributed by atoms with E-state index in [2.05, 4.69) is 15.4 Å². The molecule has 0 bridgehead atoms. The number of amides is 1. The first-order chi connectivity index (χ1) is 9.90. The van der Waals surface area contributed by atoms with Crippen LogP contribution in [-0.4, -0.2) is 38.1 Å². The molecule has 0 saturated carbocycles. The van der Waals surface area contributed by atoms with Gasteiger partial charge in [-0.3, -0.25) is 19.5 Å². The van der Waals surface area contributed by atoms with E-state index >= 15 is 0 Å². The number of H-pyrrole nitrogens is 1. The Morgan fingerprint density at radius 1 is 1.48 bits per heavy atom. The fourth-order valence-corrected chi connectivity index (χ4v) is 2.09. The van der Waals surface area contributed by atoms with Crippen LogP contribution in [0.1, 0.15) is 29.9 Å². The van der Waals surface area contributed by atoms with Gasteiger partial charge in [0.25, 0.3) is 5.91 Å². The molecule has 0 unspecified atom stereocenters. The number of pyridine rings is 1. The predicted molar refractivity (Wildman–Crippen MR) is 74.3 cm³/mol. The molecule has 0 aliphatic carbocycles. The lowest BCUT2D eigenvalue weighted by Crippen LogP contribution is -2.33. The second-order valence-electron chi connectivity index (χ2n) is 5.10. The van der Waals surface area contributed by atoms with Gasteiger partial charge in [0.15, 0.2) is 11.1 Å². The Morgan fingerprint density at radius 3 is 2.81 bits per heavy atom. The van der Waals surface area contributed by atoms with E-state index in [0.29, 0.717) is 12.3 Å². The lowest BCUT2D eigenvalue weighted by atomic mass is 10.1. The van der Waals surface area contributed by atoms with Gasteiger partial charge in [-0.15, -0.1) is 0 Å². The van der Waals surface area contributed by atoms with Gasteiger partial charge in [0.1, 0.15) is 18.4 Å². The van der Waals surface area contributed by atoms with E-state index in [1.54, 1.807) is 4.52 Å². The first kappa shape index (κ1) is 14.8. The minimum Gasteiger partial charge on any atom is -0.480 e. The van der Waals surface area contributed by atoms with Gasteiger partial charge in [0.05, 0.1) is 0 Å². The number of aromatic amines is 1. The smallest absolute Gasteiger partial charge is 0.322 e. The van der Waals surface area contributed by atoms with E-state index in [4.69, 9.17) is 5.11 Å². The number of carboxylic acids is 1. The average molecular weight is 292 g/mol. The molecule has 1 amide bonds. The van der Waals surface area contributed by atoms with Crippen molar-refractivity contribution in [2.24, 2.45) is 5.92 Å². The number of aromatic nitrogens is 3. The van der Waals surface area contributed by atoms with Gasteiger partial charge in [-0.1, -0.05) is 13.8 Å². The molecule has 0 atom stereocenters. The monoisotopic (exact) mass is 292 g/mol. The van der Waals surface area contributed by atoms with Crippen LogP contribution in [0.15, 0.2) is 17.2 Å².